The molecule has 94 valence electrons. The molecule has 17 heavy (non-hydrogen) atoms. The van der Waals surface area contributed by atoms with E-state index >= 15 is 0 Å². The Hall–Kier alpha value is -1.14. The van der Waals surface area contributed by atoms with E-state index in [1.807, 2.05) is 0 Å². The molecule has 0 aliphatic heterocycles. The van der Waals surface area contributed by atoms with E-state index in [1.54, 1.807) is 6.92 Å². The summed E-state index contributed by atoms with van der Waals surface area (Å²) in [5.41, 5.74) is 0.288. The van der Waals surface area contributed by atoms with Crippen LogP contribution in [0, 0.1) is 0 Å². The largest absolute Gasteiger partial charge is 0.351 e. The van der Waals surface area contributed by atoms with Crippen molar-refractivity contribution in [3.05, 3.63) is 29.0 Å². The van der Waals surface area contributed by atoms with Gasteiger partial charge in [-0.2, -0.15) is 0 Å². The van der Waals surface area contributed by atoms with Gasteiger partial charge in [0, 0.05) is 24.7 Å². The lowest BCUT2D eigenvalue weighted by atomic mass is 10.2. The summed E-state index contributed by atoms with van der Waals surface area (Å²) in [5, 5.41) is 2.74. The minimum atomic E-state index is -3.07. The van der Waals surface area contributed by atoms with Crippen molar-refractivity contribution >= 4 is 27.3 Å². The second-order valence-electron chi connectivity index (χ2n) is 3.35. The van der Waals surface area contributed by atoms with Crippen LogP contribution in [0.1, 0.15) is 17.3 Å². The predicted molar refractivity (Wildman–Crippen MR) is 65.9 cm³/mol. The van der Waals surface area contributed by atoms with E-state index in [0.717, 1.165) is 0 Å². The number of pyridine rings is 1. The van der Waals surface area contributed by atoms with Gasteiger partial charge >= 0.3 is 0 Å². The Kier molecular flexibility index (Phi) is 4.89. The molecule has 1 aromatic rings. The molecule has 1 N–H and O–H groups in total. The van der Waals surface area contributed by atoms with Gasteiger partial charge in [0.15, 0.2) is 9.84 Å². The Labute approximate surface area is 105 Å². The summed E-state index contributed by atoms with van der Waals surface area (Å²) in [6.45, 7) is 1.64. The first-order chi connectivity index (χ1) is 7.96. The molecule has 0 aromatic carbocycles. The maximum Gasteiger partial charge on any atom is 0.252 e. The van der Waals surface area contributed by atoms with Crippen LogP contribution in [-0.2, 0) is 9.84 Å². The standard InChI is InChI=1S/C10H13ClN2O3S/c1-2-17(15,16)6-5-13-10(14)8-3-4-12-7-9(8)11/h3-4,7H,2,5-6H2,1H3,(H,13,14). The number of amides is 1. The molecular weight excluding hydrogens is 264 g/mol. The number of nitrogens with one attached hydrogen (secondary N) is 1. The van der Waals surface area contributed by atoms with E-state index in [4.69, 9.17) is 11.6 Å². The monoisotopic (exact) mass is 276 g/mol. The van der Waals surface area contributed by atoms with Crippen molar-refractivity contribution in [2.45, 2.75) is 6.92 Å². The zero-order valence-corrected chi connectivity index (χ0v) is 10.9. The molecule has 0 aliphatic rings. The Morgan fingerprint density at radius 2 is 2.24 bits per heavy atom. The molecule has 1 rings (SSSR count). The summed E-state index contributed by atoms with van der Waals surface area (Å²) in [6, 6.07) is 1.48. The van der Waals surface area contributed by atoms with Crippen LogP contribution >= 0.6 is 11.6 Å². The minimum Gasteiger partial charge on any atom is -0.351 e. The van der Waals surface area contributed by atoms with E-state index in [9.17, 15) is 13.2 Å². The van der Waals surface area contributed by atoms with Crippen LogP contribution in [0.2, 0.25) is 5.02 Å². The zero-order valence-electron chi connectivity index (χ0n) is 9.31. The first-order valence-electron chi connectivity index (χ1n) is 5.04. The molecule has 1 heterocycles. The highest BCUT2D eigenvalue weighted by molar-refractivity contribution is 7.91. The molecule has 0 saturated heterocycles. The molecule has 0 atom stereocenters. The summed E-state index contributed by atoms with van der Waals surface area (Å²) in [6.07, 6.45) is 2.81. The van der Waals surface area contributed by atoms with Crippen molar-refractivity contribution in [2.24, 2.45) is 0 Å². The van der Waals surface area contributed by atoms with Crippen molar-refractivity contribution in [2.75, 3.05) is 18.1 Å². The highest BCUT2D eigenvalue weighted by atomic mass is 35.5. The number of sulfone groups is 1. The lowest BCUT2D eigenvalue weighted by molar-refractivity contribution is 0.0956. The first-order valence-corrected chi connectivity index (χ1v) is 7.24. The number of hydrogen-bond acceptors (Lipinski definition) is 4. The van der Waals surface area contributed by atoms with Gasteiger partial charge in [-0.3, -0.25) is 9.78 Å². The van der Waals surface area contributed by atoms with Crippen molar-refractivity contribution in [3.8, 4) is 0 Å². The summed E-state index contributed by atoms with van der Waals surface area (Å²) in [5.74, 6) is -0.402. The van der Waals surface area contributed by atoms with Gasteiger partial charge in [-0.05, 0) is 6.07 Å². The molecule has 0 bridgehead atoms. The molecule has 0 unspecified atom stereocenters. The third-order valence-electron chi connectivity index (χ3n) is 2.16. The maximum atomic E-state index is 11.6. The van der Waals surface area contributed by atoms with Crippen molar-refractivity contribution < 1.29 is 13.2 Å². The molecule has 7 heteroatoms. The predicted octanol–water partition coefficient (Wildman–Crippen LogP) is 0.899. The Balaban J connectivity index is 2.55. The molecule has 0 radical (unpaired) electrons. The summed E-state index contributed by atoms with van der Waals surface area (Å²) >= 11 is 5.77. The van der Waals surface area contributed by atoms with E-state index in [-0.39, 0.29) is 28.6 Å². The second-order valence-corrected chi connectivity index (χ2v) is 6.23. The molecule has 5 nitrogen and oxygen atoms in total. The van der Waals surface area contributed by atoms with Gasteiger partial charge in [-0.1, -0.05) is 18.5 Å². The third kappa shape index (κ3) is 4.32. The molecule has 1 amide bonds. The maximum absolute atomic E-state index is 11.6. The second kappa shape index (κ2) is 5.97. The number of hydrogen-bond donors (Lipinski definition) is 1. The van der Waals surface area contributed by atoms with E-state index in [1.165, 1.54) is 18.5 Å². The minimum absolute atomic E-state index is 0.0683. The number of nitrogens with zero attached hydrogens (tertiary/aromatic N) is 1. The molecule has 0 saturated carbocycles. The normalized spacial score (nSPS) is 11.2. The van der Waals surface area contributed by atoms with Crippen LogP contribution in [0.25, 0.3) is 0 Å². The number of carbonyl (C=O) groups is 1. The van der Waals surface area contributed by atoms with Gasteiger partial charge in [0.05, 0.1) is 16.3 Å². The van der Waals surface area contributed by atoms with Crippen molar-refractivity contribution in [1.29, 1.82) is 0 Å². The summed E-state index contributed by atoms with van der Waals surface area (Å²) < 4.78 is 22.4. The molecule has 1 aromatic heterocycles. The average molecular weight is 277 g/mol. The lowest BCUT2D eigenvalue weighted by Crippen LogP contribution is -2.29. The molecule has 0 aliphatic carbocycles. The van der Waals surface area contributed by atoms with Gasteiger partial charge in [-0.15, -0.1) is 0 Å². The lowest BCUT2D eigenvalue weighted by Gasteiger charge is -2.06. The van der Waals surface area contributed by atoms with E-state index in [2.05, 4.69) is 10.3 Å². The third-order valence-corrected chi connectivity index (χ3v) is 4.16. The van der Waals surface area contributed by atoms with E-state index < -0.39 is 15.7 Å². The molecular formula is C10H13ClN2O3S. The number of carbonyl (C=O) groups excluding carboxylic acids is 1. The van der Waals surface area contributed by atoms with Gasteiger partial charge in [-0.25, -0.2) is 8.42 Å². The van der Waals surface area contributed by atoms with Gasteiger partial charge < -0.3 is 5.32 Å². The number of rotatable bonds is 5. The van der Waals surface area contributed by atoms with Crippen LogP contribution in [0.15, 0.2) is 18.5 Å². The number of halogens is 1. The highest BCUT2D eigenvalue weighted by Gasteiger charge is 2.11. The summed E-state index contributed by atoms with van der Waals surface area (Å²) in [7, 11) is -3.07. The molecule has 0 fully saturated rings. The molecule has 0 spiro atoms. The fourth-order valence-electron chi connectivity index (χ4n) is 1.12. The van der Waals surface area contributed by atoms with Crippen molar-refractivity contribution in [1.82, 2.24) is 10.3 Å². The van der Waals surface area contributed by atoms with Crippen LogP contribution < -0.4 is 5.32 Å². The smallest absolute Gasteiger partial charge is 0.252 e. The average Bonchev–Trinajstić information content (AvgIpc) is 2.29. The van der Waals surface area contributed by atoms with Crippen LogP contribution in [-0.4, -0.2) is 37.4 Å². The Morgan fingerprint density at radius 1 is 1.53 bits per heavy atom. The highest BCUT2D eigenvalue weighted by Crippen LogP contribution is 2.12. The van der Waals surface area contributed by atoms with Crippen LogP contribution in [0.3, 0.4) is 0 Å². The van der Waals surface area contributed by atoms with Crippen LogP contribution in [0.4, 0.5) is 0 Å². The quantitative estimate of drug-likeness (QED) is 0.867. The summed E-state index contributed by atoms with van der Waals surface area (Å²) in [4.78, 5) is 15.4. The van der Waals surface area contributed by atoms with Crippen molar-refractivity contribution in [3.63, 3.8) is 0 Å². The zero-order chi connectivity index (χ0) is 12.9. The first kappa shape index (κ1) is 13.9. The van der Waals surface area contributed by atoms with Gasteiger partial charge in [0.1, 0.15) is 0 Å². The topological polar surface area (TPSA) is 76.1 Å². The van der Waals surface area contributed by atoms with Gasteiger partial charge in [0.2, 0.25) is 0 Å². The number of aromatic nitrogens is 1. The fourth-order valence-corrected chi connectivity index (χ4v) is 2.03. The Morgan fingerprint density at radius 3 is 2.82 bits per heavy atom. The van der Waals surface area contributed by atoms with E-state index in [0.29, 0.717) is 0 Å². The van der Waals surface area contributed by atoms with Gasteiger partial charge in [0.25, 0.3) is 5.91 Å². The SMILES string of the molecule is CCS(=O)(=O)CCNC(=O)c1ccncc1Cl. The Bertz CT molecular complexity index is 502. The fraction of sp³-hybridized carbons (Fsp3) is 0.400. The van der Waals surface area contributed by atoms with Crippen LogP contribution in [0.5, 0.6) is 0 Å².